The Labute approximate surface area is 91.7 Å². The molecule has 0 saturated heterocycles. The predicted molar refractivity (Wildman–Crippen MR) is 62.1 cm³/mol. The first-order chi connectivity index (χ1) is 7.01. The van der Waals surface area contributed by atoms with Crippen molar-refractivity contribution in [3.05, 3.63) is 35.4 Å². The van der Waals surface area contributed by atoms with E-state index < -0.39 is 0 Å². The summed E-state index contributed by atoms with van der Waals surface area (Å²) in [5.41, 5.74) is 2.51. The largest absolute Gasteiger partial charge is 0.183 e. The average Bonchev–Trinajstić information content (AvgIpc) is 2.14. The van der Waals surface area contributed by atoms with Crippen molar-refractivity contribution < 1.29 is 0 Å². The maximum absolute atomic E-state index is 8.31. The monoisotopic (exact) mass is 197 g/mol. The number of hydrogen-bond donors (Lipinski definition) is 0. The third kappa shape index (κ3) is 4.34. The summed E-state index contributed by atoms with van der Waals surface area (Å²) >= 11 is 0. The lowest BCUT2D eigenvalue weighted by Crippen LogP contribution is -2.08. The summed E-state index contributed by atoms with van der Waals surface area (Å²) in [5.74, 6) is 5.16. The van der Waals surface area contributed by atoms with Crippen molar-refractivity contribution in [1.82, 2.24) is 0 Å². The molecule has 0 N–H and O–H groups in total. The summed E-state index contributed by atoms with van der Waals surface area (Å²) in [5, 5.41) is 8.31. The number of nitrogens with zero attached hydrogens (tertiary/aromatic N) is 1. The molecule has 0 radical (unpaired) electrons. The zero-order chi connectivity index (χ0) is 11.3. The molecule has 0 aliphatic rings. The number of hydrogen-bond acceptors (Lipinski definition) is 1. The second kappa shape index (κ2) is 4.67. The standard InChI is InChI=1S/C14H15N/c1-14(2,3)11-13-8-6-12(7-9-13)5-4-10-15/h6-9H,11H2,1-3H3. The molecule has 1 aromatic rings. The van der Waals surface area contributed by atoms with Crippen LogP contribution in [0.1, 0.15) is 31.9 Å². The first kappa shape index (κ1) is 11.3. The Morgan fingerprint density at radius 3 is 2.20 bits per heavy atom. The minimum atomic E-state index is 0.305. The van der Waals surface area contributed by atoms with Gasteiger partial charge >= 0.3 is 0 Å². The van der Waals surface area contributed by atoms with Crippen LogP contribution in [0.3, 0.4) is 0 Å². The lowest BCUT2D eigenvalue weighted by atomic mass is 9.88. The van der Waals surface area contributed by atoms with Crippen LogP contribution in [0.5, 0.6) is 0 Å². The molecule has 0 spiro atoms. The van der Waals surface area contributed by atoms with Gasteiger partial charge in [0, 0.05) is 11.5 Å². The van der Waals surface area contributed by atoms with E-state index in [2.05, 4.69) is 44.7 Å². The smallest absolute Gasteiger partial charge is 0.152 e. The summed E-state index contributed by atoms with van der Waals surface area (Å²) in [4.78, 5) is 0. The molecule has 0 amide bonds. The Morgan fingerprint density at radius 2 is 1.73 bits per heavy atom. The molecule has 0 aliphatic heterocycles. The van der Waals surface area contributed by atoms with Crippen molar-refractivity contribution in [1.29, 1.82) is 5.26 Å². The van der Waals surface area contributed by atoms with Gasteiger partial charge in [-0.1, -0.05) is 38.8 Å². The third-order valence-corrected chi connectivity index (χ3v) is 1.95. The SMILES string of the molecule is CC(C)(C)Cc1ccc(C#CC#N)cc1. The van der Waals surface area contributed by atoms with Crippen LogP contribution in [0.2, 0.25) is 0 Å². The number of rotatable bonds is 1. The molecule has 0 bridgehead atoms. The van der Waals surface area contributed by atoms with E-state index >= 15 is 0 Å². The second-order valence-corrected chi connectivity index (χ2v) is 4.80. The van der Waals surface area contributed by atoms with Crippen molar-refractivity contribution in [2.75, 3.05) is 0 Å². The maximum Gasteiger partial charge on any atom is 0.152 e. The Morgan fingerprint density at radius 1 is 1.13 bits per heavy atom. The van der Waals surface area contributed by atoms with Gasteiger partial charge in [-0.05, 0) is 29.5 Å². The molecule has 0 atom stereocenters. The highest BCUT2D eigenvalue weighted by Gasteiger charge is 2.10. The molecule has 0 fully saturated rings. The van der Waals surface area contributed by atoms with Crippen molar-refractivity contribution >= 4 is 0 Å². The van der Waals surface area contributed by atoms with Gasteiger partial charge in [0.1, 0.15) is 0 Å². The third-order valence-electron chi connectivity index (χ3n) is 1.95. The summed E-state index contributed by atoms with van der Waals surface area (Å²) in [6, 6.07) is 9.89. The second-order valence-electron chi connectivity index (χ2n) is 4.80. The normalized spacial score (nSPS) is 10.0. The van der Waals surface area contributed by atoms with Crippen molar-refractivity contribution in [2.24, 2.45) is 5.41 Å². The Balaban J connectivity index is 2.78. The fraction of sp³-hybridized carbons (Fsp3) is 0.357. The van der Waals surface area contributed by atoms with Gasteiger partial charge in [0.2, 0.25) is 0 Å². The van der Waals surface area contributed by atoms with Crippen LogP contribution in [0.15, 0.2) is 24.3 Å². The van der Waals surface area contributed by atoms with E-state index in [0.717, 1.165) is 12.0 Å². The van der Waals surface area contributed by atoms with Crippen molar-refractivity contribution in [3.63, 3.8) is 0 Å². The molecule has 15 heavy (non-hydrogen) atoms. The van der Waals surface area contributed by atoms with Gasteiger partial charge in [0.15, 0.2) is 6.07 Å². The summed E-state index contributed by atoms with van der Waals surface area (Å²) in [6.07, 6.45) is 1.05. The minimum absolute atomic E-state index is 0.305. The molecule has 0 aromatic heterocycles. The van der Waals surface area contributed by atoms with E-state index in [4.69, 9.17) is 5.26 Å². The van der Waals surface area contributed by atoms with Crippen LogP contribution in [-0.2, 0) is 6.42 Å². The van der Waals surface area contributed by atoms with Gasteiger partial charge in [0.05, 0.1) is 0 Å². The van der Waals surface area contributed by atoms with E-state index in [9.17, 15) is 0 Å². The van der Waals surface area contributed by atoms with E-state index in [1.165, 1.54) is 5.56 Å². The number of benzene rings is 1. The van der Waals surface area contributed by atoms with Crippen LogP contribution in [-0.4, -0.2) is 0 Å². The Bertz CT molecular complexity index is 416. The van der Waals surface area contributed by atoms with Gasteiger partial charge in [0.25, 0.3) is 0 Å². The molecule has 1 heteroatoms. The fourth-order valence-electron chi connectivity index (χ4n) is 1.42. The number of nitriles is 1. The quantitative estimate of drug-likeness (QED) is 0.634. The van der Waals surface area contributed by atoms with E-state index in [-0.39, 0.29) is 0 Å². The molecule has 1 rings (SSSR count). The van der Waals surface area contributed by atoms with Crippen LogP contribution < -0.4 is 0 Å². The van der Waals surface area contributed by atoms with Crippen LogP contribution >= 0.6 is 0 Å². The molecule has 0 heterocycles. The molecular formula is C14H15N. The Hall–Kier alpha value is -1.73. The first-order valence-corrected chi connectivity index (χ1v) is 5.00. The van der Waals surface area contributed by atoms with E-state index in [1.54, 1.807) is 0 Å². The minimum Gasteiger partial charge on any atom is -0.183 e. The molecule has 0 saturated carbocycles. The van der Waals surface area contributed by atoms with Crippen molar-refractivity contribution in [3.8, 4) is 17.9 Å². The van der Waals surface area contributed by atoms with Gasteiger partial charge in [-0.3, -0.25) is 0 Å². The summed E-state index contributed by atoms with van der Waals surface area (Å²) < 4.78 is 0. The zero-order valence-electron chi connectivity index (χ0n) is 9.46. The lowest BCUT2D eigenvalue weighted by Gasteiger charge is -2.17. The highest BCUT2D eigenvalue weighted by molar-refractivity contribution is 5.39. The summed E-state index contributed by atoms with van der Waals surface area (Å²) in [7, 11) is 0. The fourth-order valence-corrected chi connectivity index (χ4v) is 1.42. The van der Waals surface area contributed by atoms with Gasteiger partial charge < -0.3 is 0 Å². The molecule has 76 valence electrons. The van der Waals surface area contributed by atoms with Crippen molar-refractivity contribution in [2.45, 2.75) is 27.2 Å². The highest BCUT2D eigenvalue weighted by Crippen LogP contribution is 2.20. The van der Waals surface area contributed by atoms with E-state index in [0.29, 0.717) is 5.41 Å². The summed E-state index contributed by atoms with van der Waals surface area (Å²) in [6.45, 7) is 6.66. The first-order valence-electron chi connectivity index (χ1n) is 5.00. The van der Waals surface area contributed by atoms with Crippen LogP contribution in [0, 0.1) is 28.6 Å². The Kier molecular flexibility index (Phi) is 3.53. The zero-order valence-corrected chi connectivity index (χ0v) is 9.46. The molecule has 0 aliphatic carbocycles. The van der Waals surface area contributed by atoms with Gasteiger partial charge in [-0.15, -0.1) is 0 Å². The maximum atomic E-state index is 8.31. The molecule has 0 unspecified atom stereocenters. The lowest BCUT2D eigenvalue weighted by molar-refractivity contribution is 0.411. The average molecular weight is 197 g/mol. The van der Waals surface area contributed by atoms with E-state index in [1.807, 2.05) is 18.2 Å². The predicted octanol–water partition coefficient (Wildman–Crippen LogP) is 3.15. The molecule has 1 nitrogen and oxygen atoms in total. The van der Waals surface area contributed by atoms with Crippen LogP contribution in [0.25, 0.3) is 0 Å². The highest BCUT2D eigenvalue weighted by atomic mass is 14.2. The van der Waals surface area contributed by atoms with Gasteiger partial charge in [-0.25, -0.2) is 0 Å². The topological polar surface area (TPSA) is 23.8 Å². The van der Waals surface area contributed by atoms with Gasteiger partial charge in [-0.2, -0.15) is 5.26 Å². The molecular weight excluding hydrogens is 182 g/mol. The molecule has 1 aromatic carbocycles. The van der Waals surface area contributed by atoms with Crippen LogP contribution in [0.4, 0.5) is 0 Å².